The van der Waals surface area contributed by atoms with E-state index < -0.39 is 12.0 Å². The van der Waals surface area contributed by atoms with Gasteiger partial charge in [0.2, 0.25) is 0 Å². The van der Waals surface area contributed by atoms with E-state index in [0.717, 1.165) is 27.6 Å². The van der Waals surface area contributed by atoms with Crippen LogP contribution in [0.25, 0.3) is 0 Å². The van der Waals surface area contributed by atoms with Gasteiger partial charge in [-0.15, -0.1) is 0 Å². The largest absolute Gasteiger partial charge is 0.461 e. The van der Waals surface area contributed by atoms with Crippen LogP contribution in [0.15, 0.2) is 58.1 Å². The average Bonchev–Trinajstić information content (AvgIpc) is 2.68. The summed E-state index contributed by atoms with van der Waals surface area (Å²) in [4.78, 5) is 24.9. The summed E-state index contributed by atoms with van der Waals surface area (Å²) in [5.74, 6) is -0.468. The maximum Gasteiger partial charge on any atom is 0.354 e. The molecule has 0 aliphatic heterocycles. The standard InChI is InChI=1S/C21H21BrN2O3/c1-2-27-21(26)19(13-14-7-10-16(22)11-8-14)24-23-18-12-9-15-5-3-4-6-17(15)20(18)25/h3-8,10-11,18,23H,2,9,12-13H2,1H3/b24-19-/t18-/m0/s1. The molecular formula is C21H21BrN2O3. The second kappa shape index (κ2) is 8.95. The molecule has 0 fully saturated rings. The Labute approximate surface area is 166 Å². The Morgan fingerprint density at radius 3 is 2.70 bits per heavy atom. The number of hydrogen-bond acceptors (Lipinski definition) is 5. The number of nitrogens with zero attached hydrogens (tertiary/aromatic N) is 1. The fourth-order valence-corrected chi connectivity index (χ4v) is 3.31. The maximum absolute atomic E-state index is 12.7. The number of aryl methyl sites for hydroxylation is 1. The second-order valence-electron chi connectivity index (χ2n) is 6.32. The molecular weight excluding hydrogens is 408 g/mol. The number of hydrazone groups is 1. The van der Waals surface area contributed by atoms with Crippen LogP contribution in [-0.4, -0.2) is 30.1 Å². The van der Waals surface area contributed by atoms with Crippen molar-refractivity contribution in [3.63, 3.8) is 0 Å². The number of fused-ring (bicyclic) bond motifs is 1. The molecule has 0 heterocycles. The van der Waals surface area contributed by atoms with Gasteiger partial charge < -0.3 is 4.74 Å². The number of Topliss-reactive ketones (excluding diaryl/α,β-unsaturated/α-hetero) is 1. The molecule has 3 rings (SSSR count). The van der Waals surface area contributed by atoms with Crippen LogP contribution >= 0.6 is 15.9 Å². The lowest BCUT2D eigenvalue weighted by molar-refractivity contribution is -0.135. The first-order valence-electron chi connectivity index (χ1n) is 8.94. The Kier molecular flexibility index (Phi) is 6.40. The van der Waals surface area contributed by atoms with Crippen molar-refractivity contribution in [2.24, 2.45) is 5.10 Å². The lowest BCUT2D eigenvalue weighted by Crippen LogP contribution is -2.39. The minimum atomic E-state index is -0.475. The predicted octanol–water partition coefficient (Wildman–Crippen LogP) is 3.70. The SMILES string of the molecule is CCOC(=O)/C(Cc1ccc(Br)cc1)=N\N[C@H]1CCc2ccccc2C1=O. The third-order valence-corrected chi connectivity index (χ3v) is 4.98. The number of carbonyl (C=O) groups is 2. The molecule has 5 nitrogen and oxygen atoms in total. The van der Waals surface area contributed by atoms with E-state index in [-0.39, 0.29) is 18.1 Å². The number of hydrogen-bond donors (Lipinski definition) is 1. The number of rotatable bonds is 6. The monoisotopic (exact) mass is 428 g/mol. The van der Waals surface area contributed by atoms with Gasteiger partial charge in [0.05, 0.1) is 6.61 Å². The maximum atomic E-state index is 12.7. The quantitative estimate of drug-likeness (QED) is 0.432. The van der Waals surface area contributed by atoms with Gasteiger partial charge in [-0.05, 0) is 43.0 Å². The van der Waals surface area contributed by atoms with Crippen LogP contribution in [0.4, 0.5) is 0 Å². The zero-order chi connectivity index (χ0) is 19.2. The van der Waals surface area contributed by atoms with Gasteiger partial charge in [0.1, 0.15) is 11.8 Å². The summed E-state index contributed by atoms with van der Waals surface area (Å²) >= 11 is 3.40. The molecule has 140 valence electrons. The van der Waals surface area contributed by atoms with Gasteiger partial charge in [0.25, 0.3) is 0 Å². The summed E-state index contributed by atoms with van der Waals surface area (Å²) in [6.07, 6.45) is 1.78. The highest BCUT2D eigenvalue weighted by Crippen LogP contribution is 2.21. The number of benzene rings is 2. The first-order chi connectivity index (χ1) is 13.1. The van der Waals surface area contributed by atoms with Crippen LogP contribution in [-0.2, 0) is 22.4 Å². The first-order valence-corrected chi connectivity index (χ1v) is 9.73. The molecule has 27 heavy (non-hydrogen) atoms. The van der Waals surface area contributed by atoms with Crippen LogP contribution in [0, 0.1) is 0 Å². The van der Waals surface area contributed by atoms with Gasteiger partial charge in [-0.25, -0.2) is 4.79 Å². The Hall–Kier alpha value is -2.47. The number of halogens is 1. The molecule has 1 aliphatic carbocycles. The van der Waals surface area contributed by atoms with Crippen molar-refractivity contribution in [3.05, 3.63) is 69.7 Å². The summed E-state index contributed by atoms with van der Waals surface area (Å²) in [5.41, 5.74) is 5.89. The van der Waals surface area contributed by atoms with E-state index in [1.54, 1.807) is 6.92 Å². The zero-order valence-corrected chi connectivity index (χ0v) is 16.7. The van der Waals surface area contributed by atoms with Gasteiger partial charge in [0, 0.05) is 16.5 Å². The molecule has 0 saturated heterocycles. The topological polar surface area (TPSA) is 67.8 Å². The fraction of sp³-hybridized carbons (Fsp3) is 0.286. The average molecular weight is 429 g/mol. The van der Waals surface area contributed by atoms with Crippen molar-refractivity contribution < 1.29 is 14.3 Å². The van der Waals surface area contributed by atoms with E-state index in [2.05, 4.69) is 26.5 Å². The van der Waals surface area contributed by atoms with Crippen LogP contribution in [0.3, 0.4) is 0 Å². The molecule has 0 bridgehead atoms. The molecule has 0 unspecified atom stereocenters. The molecule has 6 heteroatoms. The van der Waals surface area contributed by atoms with Crippen molar-refractivity contribution in [1.82, 2.24) is 5.43 Å². The van der Waals surface area contributed by atoms with E-state index in [1.807, 2.05) is 48.5 Å². The second-order valence-corrected chi connectivity index (χ2v) is 7.24. The van der Waals surface area contributed by atoms with Crippen LogP contribution in [0.1, 0.15) is 34.8 Å². The third kappa shape index (κ3) is 4.83. The molecule has 2 aromatic rings. The van der Waals surface area contributed by atoms with Crippen molar-refractivity contribution in [3.8, 4) is 0 Å². The van der Waals surface area contributed by atoms with Crippen molar-refractivity contribution >= 4 is 33.4 Å². The zero-order valence-electron chi connectivity index (χ0n) is 15.1. The summed E-state index contributed by atoms with van der Waals surface area (Å²) in [5, 5.41) is 4.27. The summed E-state index contributed by atoms with van der Waals surface area (Å²) < 4.78 is 6.08. The predicted molar refractivity (Wildman–Crippen MR) is 108 cm³/mol. The highest BCUT2D eigenvalue weighted by Gasteiger charge is 2.27. The molecule has 2 aromatic carbocycles. The van der Waals surface area contributed by atoms with Gasteiger partial charge in [-0.3, -0.25) is 10.2 Å². The smallest absolute Gasteiger partial charge is 0.354 e. The Balaban J connectivity index is 1.76. The van der Waals surface area contributed by atoms with Crippen LogP contribution in [0.2, 0.25) is 0 Å². The van der Waals surface area contributed by atoms with Gasteiger partial charge in [0.15, 0.2) is 5.78 Å². The summed E-state index contributed by atoms with van der Waals surface area (Å²) in [6, 6.07) is 14.8. The van der Waals surface area contributed by atoms with Crippen molar-refractivity contribution in [2.75, 3.05) is 6.61 Å². The third-order valence-electron chi connectivity index (χ3n) is 4.45. The van der Waals surface area contributed by atoms with Gasteiger partial charge in [-0.2, -0.15) is 5.10 Å². The van der Waals surface area contributed by atoms with Crippen LogP contribution in [0.5, 0.6) is 0 Å². The van der Waals surface area contributed by atoms with Crippen molar-refractivity contribution in [1.29, 1.82) is 0 Å². The van der Waals surface area contributed by atoms with E-state index in [1.165, 1.54) is 0 Å². The van der Waals surface area contributed by atoms with E-state index in [0.29, 0.717) is 12.8 Å². The highest BCUT2D eigenvalue weighted by molar-refractivity contribution is 9.10. The van der Waals surface area contributed by atoms with E-state index in [4.69, 9.17) is 4.74 Å². The molecule has 0 spiro atoms. The van der Waals surface area contributed by atoms with Crippen LogP contribution < -0.4 is 5.43 Å². The number of esters is 1. The van der Waals surface area contributed by atoms with Gasteiger partial charge in [-0.1, -0.05) is 52.3 Å². The van der Waals surface area contributed by atoms with E-state index >= 15 is 0 Å². The Morgan fingerprint density at radius 2 is 1.96 bits per heavy atom. The number of nitrogens with one attached hydrogen (secondary N) is 1. The van der Waals surface area contributed by atoms with Crippen molar-refractivity contribution in [2.45, 2.75) is 32.2 Å². The Morgan fingerprint density at radius 1 is 1.22 bits per heavy atom. The molecule has 0 aromatic heterocycles. The first kappa shape index (κ1) is 19.3. The number of carbonyl (C=O) groups excluding carboxylic acids is 2. The molecule has 0 saturated carbocycles. The summed E-state index contributed by atoms with van der Waals surface area (Å²) in [6.45, 7) is 2.03. The minimum Gasteiger partial charge on any atom is -0.461 e. The molecule has 0 amide bonds. The van der Waals surface area contributed by atoms with E-state index in [9.17, 15) is 9.59 Å². The number of ether oxygens (including phenoxy) is 1. The lowest BCUT2D eigenvalue weighted by Gasteiger charge is -2.23. The molecule has 1 N–H and O–H groups in total. The molecule has 0 radical (unpaired) electrons. The molecule has 1 atom stereocenters. The normalized spacial score (nSPS) is 16.6. The highest BCUT2D eigenvalue weighted by atomic mass is 79.9. The minimum absolute atomic E-state index is 0.00690. The Bertz CT molecular complexity index is 862. The van der Waals surface area contributed by atoms with Gasteiger partial charge >= 0.3 is 5.97 Å². The molecule has 1 aliphatic rings. The number of ketones is 1. The fourth-order valence-electron chi connectivity index (χ4n) is 3.04. The summed E-state index contributed by atoms with van der Waals surface area (Å²) in [7, 11) is 0. The lowest BCUT2D eigenvalue weighted by atomic mass is 9.87.